The molecule has 0 bridgehead atoms. The van der Waals surface area contributed by atoms with Crippen LogP contribution in [-0.2, 0) is 9.84 Å². The van der Waals surface area contributed by atoms with Crippen molar-refractivity contribution in [3.63, 3.8) is 0 Å². The molecule has 0 fully saturated rings. The minimum absolute atomic E-state index is 0.00549. The Kier molecular flexibility index (Phi) is 5.67. The number of hydrogen-bond acceptors (Lipinski definition) is 7. The lowest BCUT2D eigenvalue weighted by atomic mass is 10.2. The summed E-state index contributed by atoms with van der Waals surface area (Å²) < 4.78 is 32.6. The van der Waals surface area contributed by atoms with E-state index in [1.165, 1.54) is 19.2 Å². The Labute approximate surface area is 188 Å². The van der Waals surface area contributed by atoms with E-state index in [1.54, 1.807) is 23.7 Å². The first kappa shape index (κ1) is 21.3. The van der Waals surface area contributed by atoms with Crippen molar-refractivity contribution in [2.24, 2.45) is 0 Å². The molecule has 31 heavy (non-hydrogen) atoms. The van der Waals surface area contributed by atoms with Crippen LogP contribution in [0.15, 0.2) is 58.0 Å². The molecular weight excluding hydrogens is 482 g/mol. The summed E-state index contributed by atoms with van der Waals surface area (Å²) in [5, 5.41) is 7.68. The molecule has 1 N–H and O–H groups in total. The molecule has 4 rings (SSSR count). The van der Waals surface area contributed by atoms with Gasteiger partial charge in [-0.3, -0.25) is 0 Å². The molecule has 2 aromatic heterocycles. The maximum Gasteiger partial charge on any atom is 0.245 e. The summed E-state index contributed by atoms with van der Waals surface area (Å²) in [6, 6.07) is 12.5. The first-order valence-electron chi connectivity index (χ1n) is 9.48. The molecule has 4 aromatic rings. The second-order valence-electron chi connectivity index (χ2n) is 6.80. The number of benzene rings is 2. The van der Waals surface area contributed by atoms with Gasteiger partial charge >= 0.3 is 0 Å². The zero-order valence-corrected chi connectivity index (χ0v) is 19.5. The Bertz CT molecular complexity index is 1390. The van der Waals surface area contributed by atoms with Crippen LogP contribution >= 0.6 is 15.9 Å². The summed E-state index contributed by atoms with van der Waals surface area (Å²) in [6.07, 6.45) is 1.68. The van der Waals surface area contributed by atoms with Crippen molar-refractivity contribution in [3.05, 3.63) is 58.8 Å². The number of fused-ring (bicyclic) bond motifs is 1. The van der Waals surface area contributed by atoms with E-state index in [2.05, 4.69) is 36.3 Å². The molecule has 2 aromatic carbocycles. The third kappa shape index (κ3) is 4.13. The van der Waals surface area contributed by atoms with Gasteiger partial charge in [-0.25, -0.2) is 22.9 Å². The van der Waals surface area contributed by atoms with Crippen molar-refractivity contribution in [2.75, 3.05) is 18.2 Å². The molecular formula is C21H20BrN5O3S. The van der Waals surface area contributed by atoms with Crippen molar-refractivity contribution < 1.29 is 13.2 Å². The molecule has 0 saturated heterocycles. The largest absolute Gasteiger partial charge is 0.495 e. The summed E-state index contributed by atoms with van der Waals surface area (Å²) in [5.41, 5.74) is 2.93. The Morgan fingerprint density at radius 2 is 2.00 bits per heavy atom. The van der Waals surface area contributed by atoms with Crippen molar-refractivity contribution >= 4 is 42.9 Å². The monoisotopic (exact) mass is 501 g/mol. The van der Waals surface area contributed by atoms with Gasteiger partial charge in [0.2, 0.25) is 5.95 Å². The molecule has 0 aliphatic heterocycles. The number of methoxy groups -OCH3 is 1. The Hall–Kier alpha value is -2.98. The maximum atomic E-state index is 12.3. The standard InChI is InChI=1S/C21H20BrN5O3S/c1-4-31(28,29)16-8-9-19(30-3)17(11-16)25-21-23-12-18-13(2)24-20(27(18)26-21)14-6-5-7-15(22)10-14/h5-12H,4H2,1-3H3,(H,25,26). The highest BCUT2D eigenvalue weighted by atomic mass is 79.9. The maximum absolute atomic E-state index is 12.3. The van der Waals surface area contributed by atoms with Gasteiger partial charge in [0.05, 0.1) is 35.3 Å². The van der Waals surface area contributed by atoms with Crippen LogP contribution in [0.1, 0.15) is 12.6 Å². The van der Waals surface area contributed by atoms with E-state index in [1.807, 2.05) is 31.2 Å². The molecule has 0 saturated carbocycles. The summed E-state index contributed by atoms with van der Waals surface area (Å²) in [5.74, 6) is 1.44. The molecule has 10 heteroatoms. The molecule has 0 atom stereocenters. The van der Waals surface area contributed by atoms with E-state index < -0.39 is 9.84 Å². The molecule has 0 spiro atoms. The van der Waals surface area contributed by atoms with Crippen molar-refractivity contribution in [1.29, 1.82) is 0 Å². The number of ether oxygens (including phenoxy) is 1. The number of imidazole rings is 1. The van der Waals surface area contributed by atoms with Crippen molar-refractivity contribution in [3.8, 4) is 17.1 Å². The summed E-state index contributed by atoms with van der Waals surface area (Å²) in [7, 11) is -1.86. The van der Waals surface area contributed by atoms with Gasteiger partial charge in [0, 0.05) is 10.0 Å². The van der Waals surface area contributed by atoms with Gasteiger partial charge in [-0.1, -0.05) is 35.0 Å². The lowest BCUT2D eigenvalue weighted by Crippen LogP contribution is -2.07. The van der Waals surface area contributed by atoms with E-state index in [4.69, 9.17) is 4.74 Å². The first-order valence-corrected chi connectivity index (χ1v) is 11.9. The molecule has 2 heterocycles. The van der Waals surface area contributed by atoms with Crippen LogP contribution in [0.2, 0.25) is 0 Å². The molecule has 0 radical (unpaired) electrons. The van der Waals surface area contributed by atoms with E-state index >= 15 is 0 Å². The van der Waals surface area contributed by atoms with E-state index in [-0.39, 0.29) is 16.6 Å². The Balaban J connectivity index is 1.80. The quantitative estimate of drug-likeness (QED) is 0.417. The van der Waals surface area contributed by atoms with Crippen LogP contribution in [0.25, 0.3) is 16.9 Å². The van der Waals surface area contributed by atoms with Gasteiger partial charge in [0.1, 0.15) is 11.3 Å². The number of anilines is 2. The third-order valence-corrected chi connectivity index (χ3v) is 7.04. The first-order chi connectivity index (χ1) is 14.8. The molecule has 0 aliphatic carbocycles. The fourth-order valence-electron chi connectivity index (χ4n) is 3.16. The van der Waals surface area contributed by atoms with Crippen molar-refractivity contribution in [2.45, 2.75) is 18.7 Å². The third-order valence-electron chi connectivity index (χ3n) is 4.82. The second kappa shape index (κ2) is 8.27. The molecule has 8 nitrogen and oxygen atoms in total. The van der Waals surface area contributed by atoms with Crippen LogP contribution < -0.4 is 10.1 Å². The topological polar surface area (TPSA) is 98.5 Å². The lowest BCUT2D eigenvalue weighted by molar-refractivity contribution is 0.416. The van der Waals surface area contributed by atoms with E-state index in [0.29, 0.717) is 17.3 Å². The average Bonchev–Trinajstić information content (AvgIpc) is 3.09. The van der Waals surface area contributed by atoms with Crippen molar-refractivity contribution in [1.82, 2.24) is 19.6 Å². The summed E-state index contributed by atoms with van der Waals surface area (Å²) in [4.78, 5) is 9.23. The lowest BCUT2D eigenvalue weighted by Gasteiger charge is -2.12. The molecule has 0 amide bonds. The fraction of sp³-hybridized carbons (Fsp3) is 0.190. The van der Waals surface area contributed by atoms with Gasteiger partial charge in [-0.15, -0.1) is 5.10 Å². The highest BCUT2D eigenvalue weighted by Crippen LogP contribution is 2.30. The highest BCUT2D eigenvalue weighted by molar-refractivity contribution is 9.10. The summed E-state index contributed by atoms with van der Waals surface area (Å²) in [6.45, 7) is 3.50. The van der Waals surface area contributed by atoms with Gasteiger partial charge in [0.15, 0.2) is 15.7 Å². The van der Waals surface area contributed by atoms with Gasteiger partial charge in [-0.05, 0) is 37.3 Å². The number of rotatable bonds is 6. The average molecular weight is 502 g/mol. The number of hydrogen-bond donors (Lipinski definition) is 1. The predicted octanol–water partition coefficient (Wildman–Crippen LogP) is 4.41. The van der Waals surface area contributed by atoms with Crippen LogP contribution in [0, 0.1) is 6.92 Å². The Morgan fingerprint density at radius 1 is 1.19 bits per heavy atom. The smallest absolute Gasteiger partial charge is 0.245 e. The summed E-state index contributed by atoms with van der Waals surface area (Å²) >= 11 is 3.49. The van der Waals surface area contributed by atoms with Crippen LogP contribution in [0.3, 0.4) is 0 Å². The minimum Gasteiger partial charge on any atom is -0.495 e. The molecule has 0 aliphatic rings. The zero-order valence-electron chi connectivity index (χ0n) is 17.1. The number of aryl methyl sites for hydroxylation is 1. The number of halogens is 1. The van der Waals surface area contributed by atoms with Gasteiger partial charge < -0.3 is 10.1 Å². The van der Waals surface area contributed by atoms with Gasteiger partial charge in [-0.2, -0.15) is 0 Å². The minimum atomic E-state index is -3.37. The SMILES string of the molecule is CCS(=O)(=O)c1ccc(OC)c(Nc2ncc3c(C)nc(-c4cccc(Br)c4)n3n2)c1. The van der Waals surface area contributed by atoms with Gasteiger partial charge in [0.25, 0.3) is 0 Å². The van der Waals surface area contributed by atoms with E-state index in [9.17, 15) is 8.42 Å². The number of aromatic nitrogens is 4. The highest BCUT2D eigenvalue weighted by Gasteiger charge is 2.17. The molecule has 0 unspecified atom stereocenters. The Morgan fingerprint density at radius 3 is 2.71 bits per heavy atom. The van der Waals surface area contributed by atoms with Crippen LogP contribution in [-0.4, -0.2) is 40.9 Å². The van der Waals surface area contributed by atoms with Crippen LogP contribution in [0.5, 0.6) is 5.75 Å². The molecule has 160 valence electrons. The van der Waals surface area contributed by atoms with E-state index in [0.717, 1.165) is 21.2 Å². The predicted molar refractivity (Wildman–Crippen MR) is 123 cm³/mol. The van der Waals surface area contributed by atoms with Crippen LogP contribution in [0.4, 0.5) is 11.6 Å². The number of nitrogens with one attached hydrogen (secondary N) is 1. The zero-order chi connectivity index (χ0) is 22.2. The fourth-order valence-corrected chi connectivity index (χ4v) is 4.47. The second-order valence-corrected chi connectivity index (χ2v) is 9.99. The normalized spacial score (nSPS) is 11.6. The number of nitrogens with zero attached hydrogens (tertiary/aromatic N) is 4. The number of sulfone groups is 1.